The minimum absolute atomic E-state index is 0.475. The first-order chi connectivity index (χ1) is 8.74. The molecule has 2 aromatic rings. The van der Waals surface area contributed by atoms with E-state index in [2.05, 4.69) is 28.3 Å². The fourth-order valence-electron chi connectivity index (χ4n) is 2.57. The van der Waals surface area contributed by atoms with Crippen LogP contribution < -0.4 is 5.73 Å². The van der Waals surface area contributed by atoms with E-state index in [4.69, 9.17) is 5.73 Å². The van der Waals surface area contributed by atoms with Gasteiger partial charge in [-0.15, -0.1) is 11.3 Å². The van der Waals surface area contributed by atoms with Gasteiger partial charge in [0.2, 0.25) is 0 Å². The van der Waals surface area contributed by atoms with E-state index < -0.39 is 0 Å². The van der Waals surface area contributed by atoms with E-state index >= 15 is 0 Å². The molecule has 1 atom stereocenters. The lowest BCUT2D eigenvalue weighted by Gasteiger charge is -2.33. The second-order valence-electron chi connectivity index (χ2n) is 4.78. The predicted octanol–water partition coefficient (Wildman–Crippen LogP) is 2.84. The number of thiophene rings is 1. The molecule has 0 fully saturated rings. The maximum atomic E-state index is 5.80. The third kappa shape index (κ3) is 2.13. The Kier molecular flexibility index (Phi) is 3.06. The van der Waals surface area contributed by atoms with Crippen LogP contribution in [-0.4, -0.2) is 16.4 Å². The van der Waals surface area contributed by atoms with E-state index in [0.29, 0.717) is 6.04 Å². The molecule has 2 N–H and O–H groups in total. The number of nitrogens with two attached hydrogens (primary N) is 1. The second-order valence-corrected chi connectivity index (χ2v) is 5.78. The number of aromatic nitrogens is 1. The summed E-state index contributed by atoms with van der Waals surface area (Å²) in [5, 5.41) is 2.20. The zero-order valence-electron chi connectivity index (χ0n) is 10.5. The minimum atomic E-state index is 0.475. The summed E-state index contributed by atoms with van der Waals surface area (Å²) in [5.41, 5.74) is 9.13. The van der Waals surface area contributed by atoms with Gasteiger partial charge in [0.15, 0.2) is 0 Å². The van der Waals surface area contributed by atoms with E-state index in [1.54, 1.807) is 11.1 Å². The smallest absolute Gasteiger partial charge is 0.0564 e. The van der Waals surface area contributed by atoms with Crippen molar-refractivity contribution in [3.05, 3.63) is 45.9 Å². The zero-order chi connectivity index (χ0) is 12.5. The third-order valence-corrected chi connectivity index (χ3v) is 4.61. The molecule has 18 heavy (non-hydrogen) atoms. The first-order valence-electron chi connectivity index (χ1n) is 6.25. The topological polar surface area (TPSA) is 42.1 Å². The average molecular weight is 259 g/mol. The maximum absolute atomic E-state index is 5.80. The highest BCUT2D eigenvalue weighted by molar-refractivity contribution is 7.10. The summed E-state index contributed by atoms with van der Waals surface area (Å²) in [7, 11) is 0. The molecule has 0 radical (unpaired) electrons. The first-order valence-corrected chi connectivity index (χ1v) is 7.13. The van der Waals surface area contributed by atoms with Gasteiger partial charge in [-0.25, -0.2) is 0 Å². The molecule has 1 unspecified atom stereocenters. The molecule has 0 amide bonds. The van der Waals surface area contributed by atoms with Crippen LogP contribution in [0.5, 0.6) is 0 Å². The van der Waals surface area contributed by atoms with Crippen molar-refractivity contribution in [2.45, 2.75) is 25.9 Å². The summed E-state index contributed by atoms with van der Waals surface area (Å²) in [6.07, 6.45) is 2.94. The molecule has 0 aromatic carbocycles. The number of rotatable bonds is 2. The van der Waals surface area contributed by atoms with E-state index in [0.717, 1.165) is 30.9 Å². The van der Waals surface area contributed by atoms with Crippen LogP contribution in [0, 0.1) is 0 Å². The fourth-order valence-corrected chi connectivity index (χ4v) is 3.53. The normalized spacial score (nSPS) is 19.7. The van der Waals surface area contributed by atoms with Crippen LogP contribution in [0.25, 0.3) is 0 Å². The van der Waals surface area contributed by atoms with Gasteiger partial charge < -0.3 is 5.73 Å². The summed E-state index contributed by atoms with van der Waals surface area (Å²) in [6, 6.07) is 6.53. The van der Waals surface area contributed by atoms with Gasteiger partial charge in [-0.05, 0) is 42.5 Å². The van der Waals surface area contributed by atoms with E-state index in [-0.39, 0.29) is 0 Å². The maximum Gasteiger partial charge on any atom is 0.0564 e. The van der Waals surface area contributed by atoms with Crippen LogP contribution in [0.15, 0.2) is 29.8 Å². The number of nitrogen functional groups attached to an aromatic ring is 1. The lowest BCUT2D eigenvalue weighted by molar-refractivity contribution is 0.189. The van der Waals surface area contributed by atoms with Crippen LogP contribution in [-0.2, 0) is 13.0 Å². The Morgan fingerprint density at radius 1 is 1.50 bits per heavy atom. The van der Waals surface area contributed by atoms with Crippen molar-refractivity contribution < 1.29 is 0 Å². The Labute approximate surface area is 111 Å². The Morgan fingerprint density at radius 2 is 2.39 bits per heavy atom. The van der Waals surface area contributed by atoms with Gasteiger partial charge in [-0.2, -0.15) is 0 Å². The summed E-state index contributed by atoms with van der Waals surface area (Å²) in [6.45, 7) is 4.25. The van der Waals surface area contributed by atoms with Gasteiger partial charge in [0.1, 0.15) is 0 Å². The van der Waals surface area contributed by atoms with Crippen LogP contribution in [0.3, 0.4) is 0 Å². The summed E-state index contributed by atoms with van der Waals surface area (Å²) in [5.74, 6) is 0. The van der Waals surface area contributed by atoms with Crippen molar-refractivity contribution in [2.24, 2.45) is 0 Å². The van der Waals surface area contributed by atoms with Crippen LogP contribution in [0.2, 0.25) is 0 Å². The molecule has 3 heterocycles. The molecule has 2 aromatic heterocycles. The minimum Gasteiger partial charge on any atom is -0.399 e. The van der Waals surface area contributed by atoms with Crippen molar-refractivity contribution in [2.75, 3.05) is 12.3 Å². The highest BCUT2D eigenvalue weighted by Gasteiger charge is 2.24. The van der Waals surface area contributed by atoms with E-state index in [1.807, 2.05) is 23.5 Å². The number of anilines is 1. The van der Waals surface area contributed by atoms with Crippen LogP contribution in [0.4, 0.5) is 5.69 Å². The first kappa shape index (κ1) is 11.7. The molecule has 4 heteroatoms. The Hall–Kier alpha value is -1.39. The summed E-state index contributed by atoms with van der Waals surface area (Å²) < 4.78 is 0. The van der Waals surface area contributed by atoms with Gasteiger partial charge in [-0.1, -0.05) is 0 Å². The molecule has 0 aliphatic carbocycles. The summed E-state index contributed by atoms with van der Waals surface area (Å²) in [4.78, 5) is 8.40. The predicted molar refractivity (Wildman–Crippen MR) is 75.5 cm³/mol. The lowest BCUT2D eigenvalue weighted by Crippen LogP contribution is -2.32. The quantitative estimate of drug-likeness (QED) is 0.901. The van der Waals surface area contributed by atoms with E-state index in [9.17, 15) is 0 Å². The second kappa shape index (κ2) is 4.71. The van der Waals surface area contributed by atoms with Crippen molar-refractivity contribution in [3.8, 4) is 0 Å². The van der Waals surface area contributed by atoms with Gasteiger partial charge in [0.25, 0.3) is 0 Å². The van der Waals surface area contributed by atoms with E-state index in [1.165, 1.54) is 5.56 Å². The van der Waals surface area contributed by atoms with Crippen LogP contribution >= 0.6 is 11.3 Å². The molecule has 3 nitrogen and oxygen atoms in total. The average Bonchev–Trinajstić information content (AvgIpc) is 2.82. The third-order valence-electron chi connectivity index (χ3n) is 3.61. The molecule has 1 aliphatic rings. The molecule has 0 saturated carbocycles. The summed E-state index contributed by atoms with van der Waals surface area (Å²) >= 11 is 1.88. The SMILES string of the molecule is CC1c2ccsc2CCN1Cc1cc(N)ccn1. The Balaban J connectivity index is 1.79. The van der Waals surface area contributed by atoms with Gasteiger partial charge in [-0.3, -0.25) is 9.88 Å². The van der Waals surface area contributed by atoms with Crippen molar-refractivity contribution in [1.82, 2.24) is 9.88 Å². The Morgan fingerprint density at radius 3 is 3.22 bits per heavy atom. The lowest BCUT2D eigenvalue weighted by atomic mass is 10.0. The zero-order valence-corrected chi connectivity index (χ0v) is 11.3. The Bertz CT molecular complexity index is 549. The van der Waals surface area contributed by atoms with Gasteiger partial charge >= 0.3 is 0 Å². The molecular formula is C14H17N3S. The highest BCUT2D eigenvalue weighted by Crippen LogP contribution is 2.33. The van der Waals surface area contributed by atoms with Gasteiger partial charge in [0.05, 0.1) is 5.69 Å². The molecule has 0 bridgehead atoms. The number of nitrogens with zero attached hydrogens (tertiary/aromatic N) is 2. The van der Waals surface area contributed by atoms with Crippen molar-refractivity contribution in [3.63, 3.8) is 0 Å². The molecule has 94 valence electrons. The molecule has 0 saturated heterocycles. The molecule has 1 aliphatic heterocycles. The number of hydrogen-bond donors (Lipinski definition) is 1. The van der Waals surface area contributed by atoms with Crippen molar-refractivity contribution >= 4 is 17.0 Å². The molecule has 0 spiro atoms. The number of hydrogen-bond acceptors (Lipinski definition) is 4. The number of pyridine rings is 1. The molecule has 3 rings (SSSR count). The van der Waals surface area contributed by atoms with Crippen molar-refractivity contribution in [1.29, 1.82) is 0 Å². The fraction of sp³-hybridized carbons (Fsp3) is 0.357. The monoisotopic (exact) mass is 259 g/mol. The number of fused-ring (bicyclic) bond motifs is 1. The highest BCUT2D eigenvalue weighted by atomic mass is 32.1. The standard InChI is InChI=1S/C14H17N3S/c1-10-13-4-7-18-14(13)3-6-17(10)9-12-8-11(15)2-5-16-12/h2,4-5,7-8,10H,3,6,9H2,1H3,(H2,15,16). The molecular weight excluding hydrogens is 242 g/mol. The largest absolute Gasteiger partial charge is 0.399 e. The van der Waals surface area contributed by atoms with Crippen LogP contribution in [0.1, 0.15) is 29.1 Å². The van der Waals surface area contributed by atoms with Gasteiger partial charge in [0, 0.05) is 35.9 Å².